The van der Waals surface area contributed by atoms with Gasteiger partial charge in [-0.2, -0.15) is 0 Å². The molecule has 564 valence electrons. The van der Waals surface area contributed by atoms with Gasteiger partial charge in [0.1, 0.15) is 24.0 Å². The number of carbonyl (C=O) groups excluding carboxylic acids is 9. The third-order valence-electron chi connectivity index (χ3n) is 25.3. The van der Waals surface area contributed by atoms with Gasteiger partial charge in [-0.1, -0.05) is 85.5 Å². The minimum absolute atomic E-state index is 0.0707. The van der Waals surface area contributed by atoms with Crippen LogP contribution in [-0.4, -0.2) is 84.5 Å². The number of hydrogen-bond acceptors (Lipinski definition) is 23. The third kappa shape index (κ3) is 13.1. The smallest absolute Gasteiger partial charge is 0.362 e. The first-order valence-electron chi connectivity index (χ1n) is 36.2. The molecule has 0 unspecified atom stereocenters. The van der Waals surface area contributed by atoms with Crippen molar-refractivity contribution in [1.82, 2.24) is 9.97 Å². The van der Waals surface area contributed by atoms with Gasteiger partial charge in [0.05, 0.1) is 105 Å². The van der Waals surface area contributed by atoms with Crippen LogP contribution in [0.4, 0.5) is 0 Å². The van der Waals surface area contributed by atoms with Gasteiger partial charge >= 0.3 is 35.8 Å². The van der Waals surface area contributed by atoms with E-state index in [0.29, 0.717) is 80.6 Å². The molecule has 0 spiro atoms. The number of hydrogen-bond donors (Lipinski definition) is 0. The average molecular weight is 1470 g/mol. The first kappa shape index (κ1) is 75.3. The van der Waals surface area contributed by atoms with Gasteiger partial charge < -0.3 is 55.9 Å². The summed E-state index contributed by atoms with van der Waals surface area (Å²) in [6.07, 6.45) is 22.8. The Kier molecular flexibility index (Phi) is 20.4. The van der Waals surface area contributed by atoms with Gasteiger partial charge in [0.25, 0.3) is 0 Å². The Morgan fingerprint density at radius 2 is 0.778 bits per heavy atom. The number of benzene rings is 1. The molecular formula is C85H88N2O21. The predicted molar refractivity (Wildman–Crippen MR) is 383 cm³/mol. The van der Waals surface area contributed by atoms with Crippen LogP contribution in [0.5, 0.6) is 0 Å². The summed E-state index contributed by atoms with van der Waals surface area (Å²) >= 11 is 0. The number of fused-ring (bicyclic) bond motifs is 9. The highest BCUT2D eigenvalue weighted by Crippen LogP contribution is 2.70. The second-order valence-corrected chi connectivity index (χ2v) is 31.3. The second-order valence-electron chi connectivity index (χ2n) is 31.3. The third-order valence-corrected chi connectivity index (χ3v) is 25.3. The highest BCUT2D eigenvalue weighted by Gasteiger charge is 2.69. The van der Waals surface area contributed by atoms with Gasteiger partial charge in [-0.15, -0.1) is 0 Å². The molecule has 3 aliphatic heterocycles. The molecule has 18 atom stereocenters. The number of ketones is 3. The van der Waals surface area contributed by atoms with Crippen molar-refractivity contribution in [3.05, 3.63) is 241 Å². The van der Waals surface area contributed by atoms with Crippen LogP contribution in [0.15, 0.2) is 221 Å². The van der Waals surface area contributed by atoms with Crippen LogP contribution in [0.1, 0.15) is 166 Å². The quantitative estimate of drug-likeness (QED) is 0.0812. The molecule has 108 heavy (non-hydrogen) atoms. The van der Waals surface area contributed by atoms with Crippen LogP contribution in [-0.2, 0) is 71.4 Å². The van der Waals surface area contributed by atoms with E-state index in [1.54, 1.807) is 92.2 Å². The minimum Gasteiger partial charge on any atom is -0.490 e. The van der Waals surface area contributed by atoms with Crippen molar-refractivity contribution in [2.24, 2.45) is 85.8 Å². The van der Waals surface area contributed by atoms with E-state index in [9.17, 15) is 43.2 Å². The van der Waals surface area contributed by atoms with E-state index in [1.165, 1.54) is 64.2 Å². The molecule has 0 amide bonds. The zero-order chi connectivity index (χ0) is 77.0. The van der Waals surface area contributed by atoms with Gasteiger partial charge in [0.2, 0.25) is 17.3 Å². The van der Waals surface area contributed by atoms with Crippen LogP contribution in [0.3, 0.4) is 0 Å². The SMILES string of the molecule is C=C1O[C@H](c2ccoc2)C[C@]2(C)[C@H]3C(=O)C(OC(=O)c4ccccc4)=C[C@@H](C(=O)OC)[C@]3(C)CC[C@@H]12.C=C1O[C@H](c2ccoc2)C[C@]2(C)[C@H]3C(=O)C(OC(=O)c4ccccn4)=C[C@@H](C(=O)OC)[C@]3(C)CC[C@@H]12.C=C1O[C@H](c2ccoc2)C[C@]2(C)[C@H]3C(=O)C(OC(=O)c4cccnc4)=C[C@@H](C(=O)OC)[C@]3(C)CC[C@@H]12. The maximum absolute atomic E-state index is 14.2. The van der Waals surface area contributed by atoms with Gasteiger partial charge in [-0.25, -0.2) is 19.4 Å². The maximum Gasteiger partial charge on any atom is 0.362 e. The molecule has 1 aromatic carbocycles. The highest BCUT2D eigenvalue weighted by molar-refractivity contribution is 6.05. The van der Waals surface area contributed by atoms with E-state index in [0.717, 1.165) is 16.7 Å². The van der Waals surface area contributed by atoms with E-state index < -0.39 is 104 Å². The number of methoxy groups -OCH3 is 3. The number of furan rings is 3. The molecule has 0 N–H and O–H groups in total. The van der Waals surface area contributed by atoms with Crippen molar-refractivity contribution >= 4 is 53.2 Å². The van der Waals surface area contributed by atoms with Crippen LogP contribution in [0.25, 0.3) is 0 Å². The van der Waals surface area contributed by atoms with Gasteiger partial charge in [0.15, 0.2) is 17.3 Å². The Morgan fingerprint density at radius 3 is 1.10 bits per heavy atom. The molecule has 8 heterocycles. The van der Waals surface area contributed by atoms with E-state index in [2.05, 4.69) is 50.5 Å². The van der Waals surface area contributed by atoms with Gasteiger partial charge in [-0.3, -0.25) is 33.8 Å². The normalized spacial score (nSPS) is 33.5. The summed E-state index contributed by atoms with van der Waals surface area (Å²) in [7, 11) is 3.98. The van der Waals surface area contributed by atoms with Gasteiger partial charge in [-0.05, 0) is 163 Å². The molecule has 23 heteroatoms. The fourth-order valence-corrected chi connectivity index (χ4v) is 20.2. The van der Waals surface area contributed by atoms with Crippen molar-refractivity contribution in [3.63, 3.8) is 0 Å². The van der Waals surface area contributed by atoms with Crippen molar-refractivity contribution in [1.29, 1.82) is 0 Å². The fraction of sp³-hybridized carbons (Fsp3) is 0.424. The molecular weight excluding hydrogens is 1380 g/mol. The van der Waals surface area contributed by atoms with Crippen LogP contribution in [0, 0.1) is 85.8 Å². The molecule has 6 aromatic rings. The van der Waals surface area contributed by atoms with Crippen LogP contribution in [0.2, 0.25) is 0 Å². The second kappa shape index (κ2) is 29.3. The zero-order valence-electron chi connectivity index (χ0n) is 61.8. The summed E-state index contributed by atoms with van der Waals surface area (Å²) in [5, 5.41) is 0. The van der Waals surface area contributed by atoms with Crippen molar-refractivity contribution in [3.8, 4) is 0 Å². The number of Topliss-reactive ketones (excluding diaryl/α,β-unsaturated/α-hetero) is 3. The largest absolute Gasteiger partial charge is 0.490 e. The summed E-state index contributed by atoms with van der Waals surface area (Å²) in [5.74, 6) is -7.42. The highest BCUT2D eigenvalue weighted by atomic mass is 16.6. The fourth-order valence-electron chi connectivity index (χ4n) is 20.2. The summed E-state index contributed by atoms with van der Waals surface area (Å²) < 4.78 is 66.7. The topological polar surface area (TPSA) is 302 Å². The van der Waals surface area contributed by atoms with Crippen LogP contribution >= 0.6 is 0 Å². The number of aromatic nitrogens is 2. The average Bonchev–Trinajstić information content (AvgIpc) is 1.03. The first-order chi connectivity index (χ1) is 51.6. The van der Waals surface area contributed by atoms with E-state index in [1.807, 2.05) is 39.0 Å². The molecule has 0 radical (unpaired) electrons. The summed E-state index contributed by atoms with van der Waals surface area (Å²) in [5.41, 5.74) is -0.872. The lowest BCUT2D eigenvalue weighted by Gasteiger charge is -2.60. The Bertz CT molecular complexity index is 4160. The zero-order valence-corrected chi connectivity index (χ0v) is 61.8. The molecule has 0 bridgehead atoms. The number of carbonyl (C=O) groups is 9. The Morgan fingerprint density at radius 1 is 0.426 bits per heavy atom. The lowest BCUT2D eigenvalue weighted by Crippen LogP contribution is -2.60. The number of nitrogens with zero attached hydrogens (tertiary/aromatic N) is 2. The summed E-state index contributed by atoms with van der Waals surface area (Å²) in [6.45, 7) is 24.7. The number of esters is 6. The molecule has 5 aromatic heterocycles. The molecule has 9 aliphatic rings. The number of rotatable bonds is 12. The molecule has 6 fully saturated rings. The Labute approximate surface area is 625 Å². The van der Waals surface area contributed by atoms with Crippen LogP contribution < -0.4 is 0 Å². The van der Waals surface area contributed by atoms with Crippen molar-refractivity contribution in [2.45, 2.75) is 118 Å². The standard InChI is InChI=1S/C29H30O7.2C28H29NO7/c1-17-20-10-12-28(2)21(27(32)33-4)14-22(36-26(31)18-8-6-5-7-9-18)24(30)25(28)29(20,3)15-23(35-17)19-11-13-34-16-19;1-16-19-7-9-27(2)20(26(32)33-4)12-21(36-25(31)17-6-5-10-29-14-17)23(30)24(27)28(19,3)13-22(35-16)18-8-11-34-15-18;1-16-18-8-10-27(2)19(25(31)33-4)13-21(36-26(32)20-7-5-6-11-29-20)23(30)24(27)28(18,3)14-22(35-16)17-9-12-34-15-17/h5-9,11,13-14,16,20-21,23,25H,1,10,12,15H2,2-4H3;5-6,8,10-12,14-15,19-20,22,24H,1,7,9,13H2,2-4H3;5-7,9,11-13,15,18-19,22,24H,1,8,10,14H2,2-4H3/t20-,21-,23-,25-,28-,29-;19-,20-,22-,24-,27-,28-;18-,19-,22-,24-,27-,28-/m000/s1. The van der Waals surface area contributed by atoms with Crippen molar-refractivity contribution in [2.75, 3.05) is 21.3 Å². The molecule has 3 saturated heterocycles. The van der Waals surface area contributed by atoms with E-state index in [-0.39, 0.29) is 82.0 Å². The predicted octanol–water partition coefficient (Wildman–Crippen LogP) is 15.0. The van der Waals surface area contributed by atoms with Crippen molar-refractivity contribution < 1.29 is 99.0 Å². The summed E-state index contributed by atoms with van der Waals surface area (Å²) in [4.78, 5) is 128. The number of allylic oxidation sites excluding steroid dienone is 6. The molecule has 15 rings (SSSR count). The Hall–Kier alpha value is -11.0. The number of ether oxygens (including phenoxy) is 9. The summed E-state index contributed by atoms with van der Waals surface area (Å²) in [6, 6.07) is 22.0. The minimum atomic E-state index is -0.766. The lowest BCUT2D eigenvalue weighted by atomic mass is 9.44. The maximum atomic E-state index is 14.2. The van der Waals surface area contributed by atoms with E-state index >= 15 is 0 Å². The molecule has 6 aliphatic carbocycles. The lowest BCUT2D eigenvalue weighted by molar-refractivity contribution is -0.176. The van der Waals surface area contributed by atoms with E-state index in [4.69, 9.17) is 55.9 Å². The first-order valence-corrected chi connectivity index (χ1v) is 36.2. The molecule has 23 nitrogen and oxygen atoms in total. The monoisotopic (exact) mass is 1470 g/mol. The Balaban J connectivity index is 0.000000143. The molecule has 3 saturated carbocycles. The van der Waals surface area contributed by atoms with Gasteiger partial charge in [0, 0.05) is 70.8 Å². The number of pyridine rings is 2.